The van der Waals surface area contributed by atoms with Crippen LogP contribution in [-0.4, -0.2) is 44.3 Å². The number of hydrogen-bond acceptors (Lipinski definition) is 4. The van der Waals surface area contributed by atoms with E-state index in [1.54, 1.807) is 5.32 Å². The Kier molecular flexibility index (Phi) is 7.69. The molecule has 1 aliphatic rings. The van der Waals surface area contributed by atoms with Gasteiger partial charge in [-0.05, 0) is 36.6 Å². The number of nitrogens with zero attached hydrogens (tertiary/aromatic N) is 1. The Labute approximate surface area is 156 Å². The van der Waals surface area contributed by atoms with E-state index in [4.69, 9.17) is 0 Å². The summed E-state index contributed by atoms with van der Waals surface area (Å²) in [4.78, 5) is 25.1. The molecule has 0 atom stereocenters. The van der Waals surface area contributed by atoms with Crippen molar-refractivity contribution >= 4 is 23.6 Å². The van der Waals surface area contributed by atoms with E-state index in [1.165, 1.54) is 31.8 Å². The van der Waals surface area contributed by atoms with Gasteiger partial charge in [0.15, 0.2) is 6.61 Å². The highest BCUT2D eigenvalue weighted by atomic mass is 19.4. The lowest BCUT2D eigenvalue weighted by Crippen LogP contribution is -2.36. The number of carbonyl (C=O) groups excluding carboxylic acids is 2. The maximum absolute atomic E-state index is 12.0. The largest absolute Gasteiger partial charge is 0.452 e. The number of amides is 1. The first-order valence-corrected chi connectivity index (χ1v) is 8.87. The van der Waals surface area contributed by atoms with Crippen LogP contribution in [0.15, 0.2) is 30.3 Å². The van der Waals surface area contributed by atoms with Gasteiger partial charge in [0, 0.05) is 24.9 Å². The Morgan fingerprint density at radius 3 is 2.30 bits per heavy atom. The van der Waals surface area contributed by atoms with Crippen LogP contribution in [0.1, 0.15) is 31.2 Å². The third kappa shape index (κ3) is 8.15. The van der Waals surface area contributed by atoms with E-state index in [-0.39, 0.29) is 0 Å². The number of esters is 1. The van der Waals surface area contributed by atoms with Crippen LogP contribution in [0.2, 0.25) is 0 Å². The monoisotopic (exact) mass is 384 g/mol. The van der Waals surface area contributed by atoms with Gasteiger partial charge in [-0.25, -0.2) is 4.79 Å². The molecular formula is C19H23F3N2O3. The van der Waals surface area contributed by atoms with Crippen LogP contribution in [-0.2, 0) is 14.3 Å². The van der Waals surface area contributed by atoms with Crippen molar-refractivity contribution in [3.63, 3.8) is 0 Å². The van der Waals surface area contributed by atoms with Gasteiger partial charge in [0.2, 0.25) is 0 Å². The molecule has 1 heterocycles. The van der Waals surface area contributed by atoms with Gasteiger partial charge in [-0.2, -0.15) is 13.2 Å². The van der Waals surface area contributed by atoms with E-state index in [0.717, 1.165) is 30.4 Å². The summed E-state index contributed by atoms with van der Waals surface area (Å²) in [5.41, 5.74) is 1.92. The van der Waals surface area contributed by atoms with E-state index in [0.29, 0.717) is 0 Å². The smallest absolute Gasteiger partial charge is 0.405 e. The molecule has 1 aromatic carbocycles. The van der Waals surface area contributed by atoms with Gasteiger partial charge in [0.1, 0.15) is 6.54 Å². The van der Waals surface area contributed by atoms with Crippen LogP contribution < -0.4 is 10.2 Å². The molecule has 1 aliphatic heterocycles. The molecule has 0 spiro atoms. The molecule has 1 amide bonds. The first-order chi connectivity index (χ1) is 12.8. The Hall–Kier alpha value is -2.51. The molecule has 5 nitrogen and oxygen atoms in total. The van der Waals surface area contributed by atoms with Gasteiger partial charge in [-0.3, -0.25) is 4.79 Å². The Morgan fingerprint density at radius 1 is 1.07 bits per heavy atom. The minimum atomic E-state index is -4.50. The van der Waals surface area contributed by atoms with Crippen molar-refractivity contribution in [1.29, 1.82) is 0 Å². The molecule has 148 valence electrons. The van der Waals surface area contributed by atoms with Crippen molar-refractivity contribution in [3.8, 4) is 0 Å². The van der Waals surface area contributed by atoms with Crippen molar-refractivity contribution in [1.82, 2.24) is 5.32 Å². The first kappa shape index (κ1) is 20.8. The second-order valence-corrected chi connectivity index (χ2v) is 6.33. The zero-order chi connectivity index (χ0) is 19.7. The number of hydrogen-bond donors (Lipinski definition) is 1. The van der Waals surface area contributed by atoms with Crippen molar-refractivity contribution in [3.05, 3.63) is 35.9 Å². The second-order valence-electron chi connectivity index (χ2n) is 6.33. The van der Waals surface area contributed by atoms with Crippen LogP contribution in [0.5, 0.6) is 0 Å². The minimum Gasteiger partial charge on any atom is -0.452 e. The van der Waals surface area contributed by atoms with Gasteiger partial charge >= 0.3 is 12.1 Å². The van der Waals surface area contributed by atoms with Crippen molar-refractivity contribution in [2.45, 2.75) is 31.9 Å². The van der Waals surface area contributed by atoms with Crippen LogP contribution >= 0.6 is 0 Å². The molecule has 27 heavy (non-hydrogen) atoms. The van der Waals surface area contributed by atoms with Crippen LogP contribution in [0.25, 0.3) is 6.08 Å². The fraction of sp³-hybridized carbons (Fsp3) is 0.474. The third-order valence-corrected chi connectivity index (χ3v) is 4.11. The first-order valence-electron chi connectivity index (χ1n) is 8.87. The molecule has 1 fully saturated rings. The number of carbonyl (C=O) groups is 2. The summed E-state index contributed by atoms with van der Waals surface area (Å²) < 4.78 is 40.5. The molecular weight excluding hydrogens is 361 g/mol. The lowest BCUT2D eigenvalue weighted by molar-refractivity contribution is -0.148. The highest BCUT2D eigenvalue weighted by Gasteiger charge is 2.27. The number of nitrogens with one attached hydrogen (secondary N) is 1. The molecule has 0 bridgehead atoms. The number of ether oxygens (including phenoxy) is 1. The number of alkyl halides is 3. The number of rotatable bonds is 6. The van der Waals surface area contributed by atoms with E-state index in [1.807, 2.05) is 24.3 Å². The van der Waals surface area contributed by atoms with Crippen LogP contribution in [0.4, 0.5) is 18.9 Å². The molecule has 1 N–H and O–H groups in total. The quantitative estimate of drug-likeness (QED) is 0.604. The summed E-state index contributed by atoms with van der Waals surface area (Å²) in [6.07, 6.45) is 3.05. The zero-order valence-corrected chi connectivity index (χ0v) is 14.9. The van der Waals surface area contributed by atoms with Gasteiger partial charge in [-0.1, -0.05) is 25.0 Å². The van der Waals surface area contributed by atoms with E-state index >= 15 is 0 Å². The number of anilines is 1. The van der Waals surface area contributed by atoms with Crippen LogP contribution in [0.3, 0.4) is 0 Å². The van der Waals surface area contributed by atoms with Crippen LogP contribution in [0, 0.1) is 0 Å². The lowest BCUT2D eigenvalue weighted by atomic mass is 10.1. The lowest BCUT2D eigenvalue weighted by Gasteiger charge is -2.22. The molecule has 0 radical (unpaired) electrons. The summed E-state index contributed by atoms with van der Waals surface area (Å²) in [5, 5.41) is 1.62. The average Bonchev–Trinajstić information content (AvgIpc) is 2.92. The Bertz CT molecular complexity index is 649. The zero-order valence-electron chi connectivity index (χ0n) is 14.9. The molecule has 0 unspecified atom stereocenters. The number of halogens is 3. The molecule has 8 heteroatoms. The standard InChI is InChI=1S/C19H23F3N2O3/c20-19(21,22)14-23-17(25)13-27-18(26)10-7-15-5-8-16(9-6-15)24-11-3-1-2-4-12-24/h5-10H,1-4,11-14H2,(H,23,25)/b10-7+. The fourth-order valence-electron chi connectivity index (χ4n) is 2.72. The maximum Gasteiger partial charge on any atom is 0.405 e. The average molecular weight is 384 g/mol. The van der Waals surface area contributed by atoms with E-state index in [9.17, 15) is 22.8 Å². The van der Waals surface area contributed by atoms with E-state index < -0.39 is 31.2 Å². The van der Waals surface area contributed by atoms with Gasteiger partial charge < -0.3 is 15.0 Å². The van der Waals surface area contributed by atoms with Crippen molar-refractivity contribution in [2.24, 2.45) is 0 Å². The number of benzene rings is 1. The highest BCUT2D eigenvalue weighted by Crippen LogP contribution is 2.20. The molecule has 2 rings (SSSR count). The van der Waals surface area contributed by atoms with Gasteiger partial charge in [0.05, 0.1) is 0 Å². The predicted octanol–water partition coefficient (Wildman–Crippen LogP) is 3.30. The predicted molar refractivity (Wildman–Crippen MR) is 96.2 cm³/mol. The summed E-state index contributed by atoms with van der Waals surface area (Å²) in [6, 6.07) is 7.72. The molecule has 0 aliphatic carbocycles. The molecule has 1 aromatic rings. The summed E-state index contributed by atoms with van der Waals surface area (Å²) in [7, 11) is 0. The maximum atomic E-state index is 12.0. The normalized spacial score (nSPS) is 15.4. The van der Waals surface area contributed by atoms with Crippen molar-refractivity contribution < 1.29 is 27.5 Å². The second kappa shape index (κ2) is 9.99. The summed E-state index contributed by atoms with van der Waals surface area (Å²) >= 11 is 0. The SMILES string of the molecule is O=C(COC(=O)/C=C/c1ccc(N2CCCCCC2)cc1)NCC(F)(F)F. The molecule has 1 saturated heterocycles. The third-order valence-electron chi connectivity index (χ3n) is 4.11. The molecule has 0 aromatic heterocycles. The summed E-state index contributed by atoms with van der Waals surface area (Å²) in [5.74, 6) is -1.80. The minimum absolute atomic E-state index is 0.757. The van der Waals surface area contributed by atoms with E-state index in [2.05, 4.69) is 9.64 Å². The topological polar surface area (TPSA) is 58.6 Å². The summed E-state index contributed by atoms with van der Waals surface area (Å²) in [6.45, 7) is -0.133. The fourth-order valence-corrected chi connectivity index (χ4v) is 2.72. The van der Waals surface area contributed by atoms with Gasteiger partial charge in [-0.15, -0.1) is 0 Å². The Morgan fingerprint density at radius 2 is 1.70 bits per heavy atom. The van der Waals surface area contributed by atoms with Gasteiger partial charge in [0.25, 0.3) is 5.91 Å². The molecule has 0 saturated carbocycles. The van der Waals surface area contributed by atoms with Crippen molar-refractivity contribution in [2.75, 3.05) is 31.1 Å². The Balaban J connectivity index is 1.77. The highest BCUT2D eigenvalue weighted by molar-refractivity contribution is 5.89.